The van der Waals surface area contributed by atoms with Crippen LogP contribution >= 0.6 is 34.8 Å². The van der Waals surface area contributed by atoms with Gasteiger partial charge in [-0.15, -0.1) is 0 Å². The van der Waals surface area contributed by atoms with Crippen LogP contribution < -0.4 is 10.7 Å². The molecule has 0 bridgehead atoms. The first-order valence-corrected chi connectivity index (χ1v) is 9.81. The predicted molar refractivity (Wildman–Crippen MR) is 110 cm³/mol. The molecule has 3 rings (SSSR count). The van der Waals surface area contributed by atoms with Crippen molar-refractivity contribution >= 4 is 51.7 Å². The van der Waals surface area contributed by atoms with E-state index in [0.717, 1.165) is 22.9 Å². The van der Waals surface area contributed by atoms with Crippen molar-refractivity contribution in [3.63, 3.8) is 0 Å². The first-order chi connectivity index (χ1) is 14.4. The maximum absolute atomic E-state index is 13.6. The summed E-state index contributed by atoms with van der Waals surface area (Å²) in [7, 11) is 0. The summed E-state index contributed by atoms with van der Waals surface area (Å²) >= 11 is 18.1. The molecule has 3 aromatic rings. The first kappa shape index (κ1) is 23.3. The Morgan fingerprint density at radius 2 is 1.81 bits per heavy atom. The standard InChI is InChI=1S/C19H12Cl3F4N3O2/c1-2-13(19(24,25)26)27-18(31)10-7-29(15-11(20)5-8(23)6-12(15)21)17-9(16(10)30)3-4-14(22)28-17/h3-7,13H,2H2,1H3,(H,27,31)/t13-/m1/s1. The number of nitrogens with zero attached hydrogens (tertiary/aromatic N) is 2. The molecule has 164 valence electrons. The van der Waals surface area contributed by atoms with Gasteiger partial charge >= 0.3 is 6.18 Å². The second-order valence-corrected chi connectivity index (χ2v) is 7.64. The molecule has 2 heterocycles. The Morgan fingerprint density at radius 1 is 1.19 bits per heavy atom. The molecule has 0 aliphatic rings. The topological polar surface area (TPSA) is 64.0 Å². The predicted octanol–water partition coefficient (Wildman–Crippen LogP) is 5.56. The summed E-state index contributed by atoms with van der Waals surface area (Å²) in [6, 6.07) is 2.24. The lowest BCUT2D eigenvalue weighted by atomic mass is 10.1. The number of carbonyl (C=O) groups excluding carboxylic acids is 1. The number of nitrogens with one attached hydrogen (secondary N) is 1. The smallest absolute Gasteiger partial charge is 0.340 e. The summed E-state index contributed by atoms with van der Waals surface area (Å²) in [6.07, 6.45) is -4.21. The van der Waals surface area contributed by atoms with Gasteiger partial charge in [0.05, 0.1) is 21.1 Å². The molecular formula is C19H12Cl3F4N3O2. The van der Waals surface area contributed by atoms with Crippen LogP contribution in [0.4, 0.5) is 17.6 Å². The van der Waals surface area contributed by atoms with E-state index in [2.05, 4.69) is 4.98 Å². The molecule has 31 heavy (non-hydrogen) atoms. The van der Waals surface area contributed by atoms with E-state index in [0.29, 0.717) is 0 Å². The quantitative estimate of drug-likeness (QED) is 0.380. The summed E-state index contributed by atoms with van der Waals surface area (Å²) in [6.45, 7) is 1.24. The minimum atomic E-state index is -4.71. The van der Waals surface area contributed by atoms with Gasteiger partial charge in [-0.1, -0.05) is 41.7 Å². The number of aromatic nitrogens is 2. The Hall–Kier alpha value is -2.36. The Balaban J connectivity index is 2.29. The van der Waals surface area contributed by atoms with Crippen molar-refractivity contribution in [1.82, 2.24) is 14.9 Å². The lowest BCUT2D eigenvalue weighted by Gasteiger charge is -2.20. The van der Waals surface area contributed by atoms with Crippen LogP contribution in [-0.2, 0) is 0 Å². The van der Waals surface area contributed by atoms with Gasteiger partial charge < -0.3 is 5.32 Å². The Kier molecular flexibility index (Phi) is 6.50. The molecule has 12 heteroatoms. The molecule has 0 saturated carbocycles. The monoisotopic (exact) mass is 495 g/mol. The van der Waals surface area contributed by atoms with E-state index in [-0.39, 0.29) is 31.9 Å². The highest BCUT2D eigenvalue weighted by Crippen LogP contribution is 2.32. The highest BCUT2D eigenvalue weighted by Gasteiger charge is 2.39. The van der Waals surface area contributed by atoms with Gasteiger partial charge in [-0.3, -0.25) is 14.2 Å². The summed E-state index contributed by atoms with van der Waals surface area (Å²) in [5.74, 6) is -2.00. The van der Waals surface area contributed by atoms with Crippen LogP contribution in [0, 0.1) is 5.82 Å². The number of hydrogen-bond acceptors (Lipinski definition) is 3. The molecule has 5 nitrogen and oxygen atoms in total. The molecule has 0 aliphatic carbocycles. The zero-order chi connectivity index (χ0) is 23.1. The van der Waals surface area contributed by atoms with Crippen molar-refractivity contribution in [3.8, 4) is 5.69 Å². The van der Waals surface area contributed by atoms with Crippen molar-refractivity contribution in [2.24, 2.45) is 0 Å². The Labute approximate surface area is 187 Å². The molecule has 1 aromatic carbocycles. The number of rotatable bonds is 4. The molecule has 0 fully saturated rings. The van der Waals surface area contributed by atoms with E-state index < -0.39 is 41.4 Å². The van der Waals surface area contributed by atoms with Gasteiger partial charge in [-0.2, -0.15) is 13.2 Å². The molecule has 0 radical (unpaired) electrons. The number of amides is 1. The number of pyridine rings is 2. The zero-order valence-corrected chi connectivity index (χ0v) is 17.8. The molecule has 0 unspecified atom stereocenters. The summed E-state index contributed by atoms with van der Waals surface area (Å²) in [5.41, 5.74) is -1.61. The normalized spacial score (nSPS) is 12.8. The van der Waals surface area contributed by atoms with Gasteiger partial charge in [0.25, 0.3) is 5.91 Å². The third kappa shape index (κ3) is 4.63. The molecular weight excluding hydrogens is 485 g/mol. The van der Waals surface area contributed by atoms with E-state index in [1.165, 1.54) is 19.1 Å². The molecule has 0 spiro atoms. The minimum Gasteiger partial charge on any atom is -0.340 e. The Morgan fingerprint density at radius 3 is 2.35 bits per heavy atom. The van der Waals surface area contributed by atoms with E-state index >= 15 is 0 Å². The first-order valence-electron chi connectivity index (χ1n) is 8.68. The van der Waals surface area contributed by atoms with Crippen LogP contribution in [0.1, 0.15) is 23.7 Å². The van der Waals surface area contributed by atoms with Crippen LogP contribution in [0.2, 0.25) is 15.2 Å². The van der Waals surface area contributed by atoms with Crippen molar-refractivity contribution in [3.05, 3.63) is 67.3 Å². The number of alkyl halides is 3. The fraction of sp³-hybridized carbons (Fsp3) is 0.211. The van der Waals surface area contributed by atoms with Crippen LogP contribution in [0.15, 0.2) is 35.3 Å². The fourth-order valence-electron chi connectivity index (χ4n) is 2.93. The summed E-state index contributed by atoms with van der Waals surface area (Å²) in [4.78, 5) is 29.5. The lowest BCUT2D eigenvalue weighted by molar-refractivity contribution is -0.153. The maximum Gasteiger partial charge on any atom is 0.408 e. The largest absolute Gasteiger partial charge is 0.408 e. The molecule has 0 aliphatic heterocycles. The van der Waals surface area contributed by atoms with Gasteiger partial charge in [0.15, 0.2) is 0 Å². The van der Waals surface area contributed by atoms with Gasteiger partial charge in [-0.25, -0.2) is 9.37 Å². The number of hydrogen-bond donors (Lipinski definition) is 1. The number of fused-ring (bicyclic) bond motifs is 1. The van der Waals surface area contributed by atoms with Crippen LogP contribution in [0.25, 0.3) is 16.7 Å². The minimum absolute atomic E-state index is 0.0182. The molecule has 1 N–H and O–H groups in total. The zero-order valence-electron chi connectivity index (χ0n) is 15.5. The van der Waals surface area contributed by atoms with Gasteiger partial charge in [0.1, 0.15) is 28.2 Å². The van der Waals surface area contributed by atoms with Gasteiger partial charge in [-0.05, 0) is 30.7 Å². The van der Waals surface area contributed by atoms with Gasteiger partial charge in [0.2, 0.25) is 5.43 Å². The number of carbonyl (C=O) groups is 1. The average Bonchev–Trinajstić information content (AvgIpc) is 2.65. The van der Waals surface area contributed by atoms with Gasteiger partial charge in [0, 0.05) is 6.20 Å². The second kappa shape index (κ2) is 8.64. The van der Waals surface area contributed by atoms with E-state index in [1.54, 1.807) is 0 Å². The molecule has 1 atom stereocenters. The van der Waals surface area contributed by atoms with E-state index in [1.807, 2.05) is 5.32 Å². The third-order valence-electron chi connectivity index (χ3n) is 4.39. The average molecular weight is 497 g/mol. The van der Waals surface area contributed by atoms with E-state index in [9.17, 15) is 27.2 Å². The number of halogens is 7. The highest BCUT2D eigenvalue weighted by atomic mass is 35.5. The maximum atomic E-state index is 13.6. The third-order valence-corrected chi connectivity index (χ3v) is 5.18. The molecule has 0 saturated heterocycles. The van der Waals surface area contributed by atoms with Crippen LogP contribution in [0.3, 0.4) is 0 Å². The van der Waals surface area contributed by atoms with Crippen molar-refractivity contribution in [2.75, 3.05) is 0 Å². The fourth-order valence-corrected chi connectivity index (χ4v) is 3.71. The summed E-state index contributed by atoms with van der Waals surface area (Å²) < 4.78 is 54.0. The highest BCUT2D eigenvalue weighted by molar-refractivity contribution is 6.38. The number of benzene rings is 1. The van der Waals surface area contributed by atoms with Crippen molar-refractivity contribution in [2.45, 2.75) is 25.6 Å². The SMILES string of the molecule is CC[C@@H](NC(=O)c1cn(-c2c(Cl)cc(F)cc2Cl)c2nc(Cl)ccc2c1=O)C(F)(F)F. The van der Waals surface area contributed by atoms with Crippen LogP contribution in [-0.4, -0.2) is 27.7 Å². The second-order valence-electron chi connectivity index (χ2n) is 6.44. The molecule has 2 aromatic heterocycles. The Bertz CT molecular complexity index is 1220. The van der Waals surface area contributed by atoms with E-state index in [4.69, 9.17) is 34.8 Å². The van der Waals surface area contributed by atoms with Crippen molar-refractivity contribution in [1.29, 1.82) is 0 Å². The van der Waals surface area contributed by atoms with Crippen LogP contribution in [0.5, 0.6) is 0 Å². The summed E-state index contributed by atoms with van der Waals surface area (Å²) in [5, 5.41) is 1.28. The van der Waals surface area contributed by atoms with Crippen molar-refractivity contribution < 1.29 is 22.4 Å². The molecule has 1 amide bonds. The lowest BCUT2D eigenvalue weighted by Crippen LogP contribution is -2.46.